The fraction of sp³-hybridized carbons (Fsp3) is 0.217. The lowest BCUT2D eigenvalue weighted by Gasteiger charge is -2.25. The van der Waals surface area contributed by atoms with Gasteiger partial charge in [-0.3, -0.25) is 9.78 Å². The lowest BCUT2D eigenvalue weighted by molar-refractivity contribution is 0.0940. The van der Waals surface area contributed by atoms with Crippen LogP contribution in [0.25, 0.3) is 16.5 Å². The molecule has 0 aliphatic heterocycles. The third kappa shape index (κ3) is 3.78. The van der Waals surface area contributed by atoms with Gasteiger partial charge in [-0.2, -0.15) is 0 Å². The van der Waals surface area contributed by atoms with Crippen molar-refractivity contribution in [3.63, 3.8) is 0 Å². The molecular weight excluding hydrogens is 398 g/mol. The van der Waals surface area contributed by atoms with Crippen LogP contribution in [-0.4, -0.2) is 32.4 Å². The molecule has 2 aromatic heterocycles. The fourth-order valence-electron chi connectivity index (χ4n) is 3.45. The van der Waals surface area contributed by atoms with Crippen LogP contribution in [0.4, 0.5) is 0 Å². The Morgan fingerprint density at radius 1 is 1.17 bits per heavy atom. The highest BCUT2D eigenvalue weighted by atomic mass is 35.5. The summed E-state index contributed by atoms with van der Waals surface area (Å²) in [6.45, 7) is 6.41. The molecule has 1 N–H and O–H groups in total. The summed E-state index contributed by atoms with van der Waals surface area (Å²) in [6, 6.07) is 15.5. The number of nitrogens with one attached hydrogen (secondary N) is 1. The minimum absolute atomic E-state index is 0.254. The number of hydrogen-bond acceptors (Lipinski definition) is 4. The molecule has 1 amide bonds. The minimum Gasteiger partial charge on any atom is -0.350 e. The first kappa shape index (κ1) is 20.0. The van der Waals surface area contributed by atoms with Crippen molar-refractivity contribution in [2.45, 2.75) is 26.2 Å². The molecule has 152 valence electrons. The smallest absolute Gasteiger partial charge is 0.273 e. The lowest BCUT2D eigenvalue weighted by Crippen LogP contribution is -2.37. The molecule has 0 saturated carbocycles. The molecule has 0 saturated heterocycles. The van der Waals surface area contributed by atoms with Crippen LogP contribution in [-0.2, 0) is 5.41 Å². The van der Waals surface area contributed by atoms with Crippen molar-refractivity contribution in [2.24, 2.45) is 0 Å². The predicted octanol–water partition coefficient (Wildman–Crippen LogP) is 4.48. The molecule has 0 bridgehead atoms. The van der Waals surface area contributed by atoms with E-state index in [1.54, 1.807) is 17.1 Å². The third-order valence-electron chi connectivity index (χ3n) is 5.29. The van der Waals surface area contributed by atoms with E-state index in [-0.39, 0.29) is 11.3 Å². The van der Waals surface area contributed by atoms with Crippen LogP contribution in [0.5, 0.6) is 0 Å². The summed E-state index contributed by atoms with van der Waals surface area (Å²) in [5.41, 5.74) is 2.62. The molecule has 4 aromatic rings. The van der Waals surface area contributed by atoms with Gasteiger partial charge in [0.05, 0.1) is 11.4 Å². The van der Waals surface area contributed by atoms with Gasteiger partial charge in [0.15, 0.2) is 5.69 Å². The van der Waals surface area contributed by atoms with Crippen molar-refractivity contribution >= 4 is 28.3 Å². The van der Waals surface area contributed by atoms with E-state index in [9.17, 15) is 4.79 Å². The van der Waals surface area contributed by atoms with Gasteiger partial charge in [0.1, 0.15) is 0 Å². The molecule has 2 heterocycles. The van der Waals surface area contributed by atoms with Crippen LogP contribution in [0.15, 0.2) is 60.9 Å². The quantitative estimate of drug-likeness (QED) is 0.517. The maximum Gasteiger partial charge on any atom is 0.273 e. The Labute approximate surface area is 179 Å². The summed E-state index contributed by atoms with van der Waals surface area (Å²) in [4.78, 5) is 17.0. The first-order chi connectivity index (χ1) is 14.4. The molecule has 30 heavy (non-hydrogen) atoms. The van der Waals surface area contributed by atoms with E-state index in [0.717, 1.165) is 22.0 Å². The molecule has 4 rings (SSSR count). The van der Waals surface area contributed by atoms with Crippen molar-refractivity contribution in [3.8, 4) is 5.69 Å². The molecule has 0 unspecified atom stereocenters. The molecular formula is C23H22ClN5O. The van der Waals surface area contributed by atoms with Crippen LogP contribution >= 0.6 is 11.6 Å². The second-order valence-electron chi connectivity index (χ2n) is 7.89. The Morgan fingerprint density at radius 3 is 2.77 bits per heavy atom. The summed E-state index contributed by atoms with van der Waals surface area (Å²) in [7, 11) is 0. The van der Waals surface area contributed by atoms with Gasteiger partial charge in [-0.15, -0.1) is 5.10 Å². The molecule has 0 radical (unpaired) electrons. The molecule has 6 nitrogen and oxygen atoms in total. The number of pyridine rings is 1. The predicted molar refractivity (Wildman–Crippen MR) is 118 cm³/mol. The zero-order valence-corrected chi connectivity index (χ0v) is 17.8. The van der Waals surface area contributed by atoms with Crippen LogP contribution in [0.2, 0.25) is 5.02 Å². The number of amides is 1. The standard InChI is InChI=1S/C23H22ClN5O/c1-15-21(22(30)26-14-23(2,3)17-7-5-8-18(24)12-17)27-28-29(15)20-9-4-6-16-13-25-11-10-19(16)20/h4-13H,14H2,1-3H3,(H,26,30). The number of fused-ring (bicyclic) bond motifs is 1. The van der Waals surface area contributed by atoms with E-state index in [0.29, 0.717) is 23.0 Å². The van der Waals surface area contributed by atoms with E-state index in [1.807, 2.05) is 55.5 Å². The van der Waals surface area contributed by atoms with Crippen molar-refractivity contribution in [2.75, 3.05) is 6.54 Å². The maximum absolute atomic E-state index is 12.9. The summed E-state index contributed by atoms with van der Waals surface area (Å²) in [5.74, 6) is -0.254. The van der Waals surface area contributed by atoms with Crippen molar-refractivity contribution in [1.82, 2.24) is 25.3 Å². The monoisotopic (exact) mass is 419 g/mol. The third-order valence-corrected chi connectivity index (χ3v) is 5.53. The molecule has 2 aromatic carbocycles. The summed E-state index contributed by atoms with van der Waals surface area (Å²) in [5, 5.41) is 14.1. The molecule has 0 aliphatic rings. The van der Waals surface area contributed by atoms with Crippen LogP contribution in [0.1, 0.15) is 35.6 Å². The number of hydrogen-bond donors (Lipinski definition) is 1. The van der Waals surface area contributed by atoms with Crippen molar-refractivity contribution in [3.05, 3.63) is 82.9 Å². The fourth-order valence-corrected chi connectivity index (χ4v) is 3.64. The number of halogens is 1. The number of rotatable bonds is 5. The highest BCUT2D eigenvalue weighted by molar-refractivity contribution is 6.30. The molecule has 0 atom stereocenters. The Morgan fingerprint density at radius 2 is 1.97 bits per heavy atom. The highest BCUT2D eigenvalue weighted by Crippen LogP contribution is 2.25. The van der Waals surface area contributed by atoms with E-state index < -0.39 is 0 Å². The number of carbonyl (C=O) groups excluding carboxylic acids is 1. The Hall–Kier alpha value is -3.25. The van der Waals surface area contributed by atoms with Gasteiger partial charge >= 0.3 is 0 Å². The topological polar surface area (TPSA) is 72.7 Å². The lowest BCUT2D eigenvalue weighted by atomic mass is 9.84. The number of benzene rings is 2. The van der Waals surface area contributed by atoms with Crippen molar-refractivity contribution < 1.29 is 4.79 Å². The van der Waals surface area contributed by atoms with E-state index >= 15 is 0 Å². The average Bonchev–Trinajstić information content (AvgIpc) is 3.13. The molecule has 0 aliphatic carbocycles. The van der Waals surface area contributed by atoms with Gasteiger partial charge in [0.2, 0.25) is 0 Å². The molecule has 7 heteroatoms. The second-order valence-corrected chi connectivity index (χ2v) is 8.32. The Balaban J connectivity index is 1.57. The van der Waals surface area contributed by atoms with E-state index in [1.165, 1.54) is 0 Å². The van der Waals surface area contributed by atoms with Crippen LogP contribution < -0.4 is 5.32 Å². The minimum atomic E-state index is -0.285. The normalized spacial score (nSPS) is 11.6. The van der Waals surface area contributed by atoms with Crippen molar-refractivity contribution in [1.29, 1.82) is 0 Å². The van der Waals surface area contributed by atoms with Gasteiger partial charge in [-0.05, 0) is 36.8 Å². The van der Waals surface area contributed by atoms with Gasteiger partial charge in [-0.25, -0.2) is 4.68 Å². The van der Waals surface area contributed by atoms with Crippen LogP contribution in [0, 0.1) is 6.92 Å². The maximum atomic E-state index is 12.9. The van der Waals surface area contributed by atoms with Gasteiger partial charge in [0, 0.05) is 40.1 Å². The SMILES string of the molecule is Cc1c(C(=O)NCC(C)(C)c2cccc(Cl)c2)nnn1-c1cccc2cnccc12. The zero-order chi connectivity index (χ0) is 21.3. The van der Waals surface area contributed by atoms with Crippen LogP contribution in [0.3, 0.4) is 0 Å². The summed E-state index contributed by atoms with van der Waals surface area (Å²) < 4.78 is 1.69. The largest absolute Gasteiger partial charge is 0.350 e. The Kier molecular flexibility index (Phi) is 5.26. The highest BCUT2D eigenvalue weighted by Gasteiger charge is 2.24. The van der Waals surface area contributed by atoms with Gasteiger partial charge in [0.25, 0.3) is 5.91 Å². The zero-order valence-electron chi connectivity index (χ0n) is 17.1. The second kappa shape index (κ2) is 7.88. The summed E-state index contributed by atoms with van der Waals surface area (Å²) in [6.07, 6.45) is 3.54. The molecule has 0 fully saturated rings. The number of aromatic nitrogens is 4. The first-order valence-corrected chi connectivity index (χ1v) is 10.0. The Bertz CT molecular complexity index is 1230. The van der Waals surface area contributed by atoms with Gasteiger partial charge in [-0.1, -0.05) is 54.9 Å². The average molecular weight is 420 g/mol. The van der Waals surface area contributed by atoms with Gasteiger partial charge < -0.3 is 5.32 Å². The van der Waals surface area contributed by atoms with E-state index in [4.69, 9.17) is 11.6 Å². The first-order valence-electron chi connectivity index (χ1n) is 9.66. The molecule has 0 spiro atoms. The number of carbonyl (C=O) groups is 1. The summed E-state index contributed by atoms with van der Waals surface area (Å²) >= 11 is 6.12. The number of nitrogens with zero attached hydrogens (tertiary/aromatic N) is 4. The van der Waals surface area contributed by atoms with E-state index in [2.05, 4.69) is 34.5 Å².